The second kappa shape index (κ2) is 6.14. The molecule has 2 saturated heterocycles. The van der Waals surface area contributed by atoms with Gasteiger partial charge in [-0.15, -0.1) is 0 Å². The number of ether oxygens (including phenoxy) is 1. The first-order chi connectivity index (χ1) is 8.22. The lowest BCUT2D eigenvalue weighted by atomic mass is 9.89. The number of rotatable bonds is 5. The molecule has 1 unspecified atom stereocenters. The zero-order chi connectivity index (χ0) is 12.1. The van der Waals surface area contributed by atoms with Crippen LogP contribution < -0.4 is 5.32 Å². The highest BCUT2D eigenvalue weighted by atomic mass is 16.5. The molecule has 1 atom stereocenters. The lowest BCUT2D eigenvalue weighted by Crippen LogP contribution is -2.50. The molecule has 4 heteroatoms. The average Bonchev–Trinajstić information content (AvgIpc) is 2.75. The van der Waals surface area contributed by atoms with Gasteiger partial charge in [0.2, 0.25) is 0 Å². The first-order valence-corrected chi connectivity index (χ1v) is 6.86. The minimum absolute atomic E-state index is 0.509. The molecule has 0 radical (unpaired) electrons. The summed E-state index contributed by atoms with van der Waals surface area (Å²) in [6.07, 6.45) is 1.33. The summed E-state index contributed by atoms with van der Waals surface area (Å²) >= 11 is 0. The minimum Gasteiger partial charge on any atom is -0.383 e. The summed E-state index contributed by atoms with van der Waals surface area (Å²) in [5, 5.41) is 3.49. The van der Waals surface area contributed by atoms with Crippen LogP contribution in [0.25, 0.3) is 0 Å². The van der Waals surface area contributed by atoms with Crippen LogP contribution in [0.4, 0.5) is 0 Å². The summed E-state index contributed by atoms with van der Waals surface area (Å²) in [5.41, 5.74) is 0.509. The van der Waals surface area contributed by atoms with Crippen molar-refractivity contribution < 1.29 is 4.74 Å². The Bertz CT molecular complexity index is 221. The Morgan fingerprint density at radius 3 is 2.47 bits per heavy atom. The maximum atomic E-state index is 5.13. The molecule has 0 bridgehead atoms. The Morgan fingerprint density at radius 1 is 1.18 bits per heavy atom. The van der Waals surface area contributed by atoms with Gasteiger partial charge in [-0.25, -0.2) is 0 Å². The SMILES string of the molecule is COCCN1CCN(CC2(C)CCNC2)CC1. The van der Waals surface area contributed by atoms with Gasteiger partial charge in [-0.05, 0) is 18.4 Å². The number of methoxy groups -OCH3 is 1. The van der Waals surface area contributed by atoms with Crippen LogP contribution in [-0.2, 0) is 4.74 Å². The Kier molecular flexibility index (Phi) is 4.79. The predicted molar refractivity (Wildman–Crippen MR) is 70.3 cm³/mol. The Morgan fingerprint density at radius 2 is 1.88 bits per heavy atom. The molecule has 0 spiro atoms. The zero-order valence-electron chi connectivity index (χ0n) is 11.4. The molecular weight excluding hydrogens is 214 g/mol. The van der Waals surface area contributed by atoms with Gasteiger partial charge in [-0.2, -0.15) is 0 Å². The van der Waals surface area contributed by atoms with E-state index in [2.05, 4.69) is 22.0 Å². The molecule has 4 nitrogen and oxygen atoms in total. The standard InChI is InChI=1S/C13H27N3O/c1-13(3-4-14-11-13)12-16-7-5-15(6-8-16)9-10-17-2/h14H,3-12H2,1-2H3. The molecule has 2 aliphatic heterocycles. The quantitative estimate of drug-likeness (QED) is 0.747. The molecule has 0 amide bonds. The van der Waals surface area contributed by atoms with E-state index in [1.165, 1.54) is 52.2 Å². The largest absolute Gasteiger partial charge is 0.383 e. The highest BCUT2D eigenvalue weighted by Gasteiger charge is 2.31. The molecule has 17 heavy (non-hydrogen) atoms. The van der Waals surface area contributed by atoms with Crippen LogP contribution in [0.2, 0.25) is 0 Å². The fourth-order valence-electron chi connectivity index (χ4n) is 2.93. The van der Waals surface area contributed by atoms with E-state index in [-0.39, 0.29) is 0 Å². The summed E-state index contributed by atoms with van der Waals surface area (Å²) in [7, 11) is 1.78. The van der Waals surface area contributed by atoms with Gasteiger partial charge < -0.3 is 15.0 Å². The maximum absolute atomic E-state index is 5.13. The Balaban J connectivity index is 1.68. The number of hydrogen-bond acceptors (Lipinski definition) is 4. The van der Waals surface area contributed by atoms with Crippen molar-refractivity contribution in [2.24, 2.45) is 5.41 Å². The van der Waals surface area contributed by atoms with Gasteiger partial charge in [0.25, 0.3) is 0 Å². The fourth-order valence-corrected chi connectivity index (χ4v) is 2.93. The molecule has 0 aromatic carbocycles. The molecule has 2 heterocycles. The lowest BCUT2D eigenvalue weighted by molar-refractivity contribution is 0.0767. The predicted octanol–water partition coefficient (Wildman–Crippen LogP) is 0.250. The molecule has 0 aliphatic carbocycles. The number of hydrogen-bond donors (Lipinski definition) is 1. The van der Waals surface area contributed by atoms with E-state index in [0.717, 1.165) is 13.2 Å². The molecule has 1 N–H and O–H groups in total. The van der Waals surface area contributed by atoms with Crippen LogP contribution in [0.1, 0.15) is 13.3 Å². The Labute approximate surface area is 105 Å². The van der Waals surface area contributed by atoms with Gasteiger partial charge >= 0.3 is 0 Å². The first kappa shape index (κ1) is 13.3. The molecule has 2 fully saturated rings. The van der Waals surface area contributed by atoms with E-state index in [1.54, 1.807) is 7.11 Å². The molecule has 100 valence electrons. The third-order valence-electron chi connectivity index (χ3n) is 4.14. The van der Waals surface area contributed by atoms with Crippen LogP contribution in [0, 0.1) is 5.41 Å². The third kappa shape index (κ3) is 3.91. The van der Waals surface area contributed by atoms with Crippen LogP contribution >= 0.6 is 0 Å². The molecule has 0 aromatic rings. The summed E-state index contributed by atoms with van der Waals surface area (Å²) in [5.74, 6) is 0. The van der Waals surface area contributed by atoms with E-state index < -0.39 is 0 Å². The van der Waals surface area contributed by atoms with Crippen LogP contribution in [0.5, 0.6) is 0 Å². The van der Waals surface area contributed by atoms with E-state index >= 15 is 0 Å². The normalized spacial score (nSPS) is 32.1. The van der Waals surface area contributed by atoms with E-state index in [1.807, 2.05) is 0 Å². The van der Waals surface area contributed by atoms with Gasteiger partial charge in [-0.1, -0.05) is 6.92 Å². The van der Waals surface area contributed by atoms with E-state index in [0.29, 0.717) is 5.41 Å². The number of nitrogens with zero attached hydrogens (tertiary/aromatic N) is 2. The van der Waals surface area contributed by atoms with Gasteiger partial charge in [0.05, 0.1) is 6.61 Å². The van der Waals surface area contributed by atoms with Crippen molar-refractivity contribution in [3.63, 3.8) is 0 Å². The lowest BCUT2D eigenvalue weighted by Gasteiger charge is -2.38. The third-order valence-corrected chi connectivity index (χ3v) is 4.14. The molecule has 0 aromatic heterocycles. The van der Waals surface area contributed by atoms with Gasteiger partial charge in [-0.3, -0.25) is 4.90 Å². The van der Waals surface area contributed by atoms with Crippen LogP contribution in [-0.4, -0.2) is 75.9 Å². The topological polar surface area (TPSA) is 27.7 Å². The smallest absolute Gasteiger partial charge is 0.0589 e. The van der Waals surface area contributed by atoms with Crippen molar-refractivity contribution in [3.8, 4) is 0 Å². The van der Waals surface area contributed by atoms with Gasteiger partial charge in [0, 0.05) is 52.9 Å². The molecule has 0 saturated carbocycles. The van der Waals surface area contributed by atoms with Crippen LogP contribution in [0.15, 0.2) is 0 Å². The second-order valence-electron chi connectivity index (χ2n) is 5.85. The highest BCUT2D eigenvalue weighted by molar-refractivity contribution is 4.87. The highest BCUT2D eigenvalue weighted by Crippen LogP contribution is 2.25. The first-order valence-electron chi connectivity index (χ1n) is 6.86. The van der Waals surface area contributed by atoms with Crippen LogP contribution in [0.3, 0.4) is 0 Å². The van der Waals surface area contributed by atoms with Crippen molar-refractivity contribution >= 4 is 0 Å². The van der Waals surface area contributed by atoms with Crippen molar-refractivity contribution in [2.75, 3.05) is 66.1 Å². The van der Waals surface area contributed by atoms with Crippen molar-refractivity contribution in [3.05, 3.63) is 0 Å². The summed E-state index contributed by atoms with van der Waals surface area (Å²) in [6.45, 7) is 12.9. The second-order valence-corrected chi connectivity index (χ2v) is 5.85. The van der Waals surface area contributed by atoms with E-state index in [4.69, 9.17) is 4.74 Å². The van der Waals surface area contributed by atoms with Crippen molar-refractivity contribution in [1.29, 1.82) is 0 Å². The summed E-state index contributed by atoms with van der Waals surface area (Å²) < 4.78 is 5.13. The molecular formula is C13H27N3O. The maximum Gasteiger partial charge on any atom is 0.0589 e. The monoisotopic (exact) mass is 241 g/mol. The average molecular weight is 241 g/mol. The Hall–Kier alpha value is -0.160. The van der Waals surface area contributed by atoms with Gasteiger partial charge in [0.1, 0.15) is 0 Å². The van der Waals surface area contributed by atoms with Crippen molar-refractivity contribution in [2.45, 2.75) is 13.3 Å². The summed E-state index contributed by atoms with van der Waals surface area (Å²) in [6, 6.07) is 0. The van der Waals surface area contributed by atoms with E-state index in [9.17, 15) is 0 Å². The molecule has 2 rings (SSSR count). The minimum atomic E-state index is 0.509. The number of nitrogens with one attached hydrogen (secondary N) is 1. The molecule has 2 aliphatic rings. The number of piperazine rings is 1. The zero-order valence-corrected chi connectivity index (χ0v) is 11.4. The van der Waals surface area contributed by atoms with Gasteiger partial charge in [0.15, 0.2) is 0 Å². The fraction of sp³-hybridized carbons (Fsp3) is 1.00. The van der Waals surface area contributed by atoms with Crippen molar-refractivity contribution in [1.82, 2.24) is 15.1 Å². The summed E-state index contributed by atoms with van der Waals surface area (Å²) in [4.78, 5) is 5.14.